The highest BCUT2D eigenvalue weighted by molar-refractivity contribution is 6.37. The van der Waals surface area contributed by atoms with Crippen molar-refractivity contribution in [3.05, 3.63) is 34.1 Å². The van der Waals surface area contributed by atoms with Crippen LogP contribution in [0.25, 0.3) is 5.69 Å². The molecule has 7 heteroatoms. The van der Waals surface area contributed by atoms with Gasteiger partial charge in [-0.3, -0.25) is 0 Å². The normalized spacial score (nSPS) is 10.8. The van der Waals surface area contributed by atoms with Gasteiger partial charge in [-0.2, -0.15) is 4.68 Å². The van der Waals surface area contributed by atoms with Crippen LogP contribution in [-0.2, 0) is 6.54 Å². The van der Waals surface area contributed by atoms with Gasteiger partial charge in [0.15, 0.2) is 5.82 Å². The Morgan fingerprint density at radius 2 is 2.00 bits per heavy atom. The van der Waals surface area contributed by atoms with Crippen molar-refractivity contribution in [3.8, 4) is 5.69 Å². The fraction of sp³-hybridized carbons (Fsp3) is 0.300. The van der Waals surface area contributed by atoms with Gasteiger partial charge in [0.1, 0.15) is 5.69 Å². The van der Waals surface area contributed by atoms with Gasteiger partial charge in [0.05, 0.1) is 16.6 Å². The first-order valence-corrected chi connectivity index (χ1v) is 5.92. The number of tetrazole rings is 1. The van der Waals surface area contributed by atoms with E-state index in [1.165, 1.54) is 0 Å². The van der Waals surface area contributed by atoms with E-state index in [0.29, 0.717) is 28.1 Å². The van der Waals surface area contributed by atoms with Gasteiger partial charge in [0.25, 0.3) is 0 Å². The highest BCUT2D eigenvalue weighted by Crippen LogP contribution is 2.27. The van der Waals surface area contributed by atoms with Crippen molar-refractivity contribution in [2.24, 2.45) is 0 Å². The Bertz CT molecular complexity index is 491. The van der Waals surface area contributed by atoms with E-state index in [1.807, 2.05) is 6.92 Å². The molecule has 0 aliphatic carbocycles. The minimum atomic E-state index is 0.516. The topological polar surface area (TPSA) is 55.6 Å². The SMILES string of the molecule is CCNCc1nnnn1-c1c(Cl)cccc1Cl. The van der Waals surface area contributed by atoms with E-state index in [2.05, 4.69) is 20.8 Å². The van der Waals surface area contributed by atoms with Gasteiger partial charge in [-0.15, -0.1) is 5.10 Å². The maximum atomic E-state index is 6.11. The Labute approximate surface area is 109 Å². The molecule has 0 atom stereocenters. The first-order chi connectivity index (χ1) is 8.24. The second-order valence-corrected chi connectivity index (χ2v) is 4.17. The minimum absolute atomic E-state index is 0.516. The smallest absolute Gasteiger partial charge is 0.170 e. The number of nitrogens with zero attached hydrogens (tertiary/aromatic N) is 4. The highest BCUT2D eigenvalue weighted by Gasteiger charge is 2.13. The summed E-state index contributed by atoms with van der Waals surface area (Å²) in [6.07, 6.45) is 0. The van der Waals surface area contributed by atoms with Crippen molar-refractivity contribution in [2.75, 3.05) is 6.54 Å². The number of aromatic nitrogens is 4. The van der Waals surface area contributed by atoms with E-state index in [9.17, 15) is 0 Å². The van der Waals surface area contributed by atoms with E-state index < -0.39 is 0 Å². The third-order valence-electron chi connectivity index (χ3n) is 2.22. The zero-order chi connectivity index (χ0) is 12.3. The van der Waals surface area contributed by atoms with Crippen molar-refractivity contribution >= 4 is 23.2 Å². The van der Waals surface area contributed by atoms with Gasteiger partial charge in [0, 0.05) is 0 Å². The number of nitrogens with one attached hydrogen (secondary N) is 1. The molecule has 1 N–H and O–H groups in total. The molecular weight excluding hydrogens is 261 g/mol. The molecule has 0 unspecified atom stereocenters. The first-order valence-electron chi connectivity index (χ1n) is 5.16. The van der Waals surface area contributed by atoms with Crippen LogP contribution in [0.15, 0.2) is 18.2 Å². The number of halogens is 2. The quantitative estimate of drug-likeness (QED) is 0.925. The van der Waals surface area contributed by atoms with E-state index in [0.717, 1.165) is 6.54 Å². The maximum Gasteiger partial charge on any atom is 0.170 e. The largest absolute Gasteiger partial charge is 0.310 e. The van der Waals surface area contributed by atoms with Crippen molar-refractivity contribution in [2.45, 2.75) is 13.5 Å². The minimum Gasteiger partial charge on any atom is -0.310 e. The summed E-state index contributed by atoms with van der Waals surface area (Å²) in [7, 11) is 0. The van der Waals surface area contributed by atoms with Crippen LogP contribution < -0.4 is 5.32 Å². The summed E-state index contributed by atoms with van der Waals surface area (Å²) in [5.41, 5.74) is 0.605. The van der Waals surface area contributed by atoms with Gasteiger partial charge < -0.3 is 5.32 Å². The van der Waals surface area contributed by atoms with Crippen molar-refractivity contribution < 1.29 is 0 Å². The van der Waals surface area contributed by atoms with E-state index >= 15 is 0 Å². The Morgan fingerprint density at radius 3 is 2.65 bits per heavy atom. The molecule has 1 heterocycles. The molecule has 0 aliphatic rings. The van der Waals surface area contributed by atoms with Gasteiger partial charge in [-0.25, -0.2) is 0 Å². The molecule has 0 saturated carbocycles. The van der Waals surface area contributed by atoms with Crippen LogP contribution >= 0.6 is 23.2 Å². The van der Waals surface area contributed by atoms with Crippen LogP contribution in [0.1, 0.15) is 12.7 Å². The lowest BCUT2D eigenvalue weighted by Crippen LogP contribution is -2.16. The molecule has 17 heavy (non-hydrogen) atoms. The second kappa shape index (κ2) is 5.44. The summed E-state index contributed by atoms with van der Waals surface area (Å²) in [6, 6.07) is 5.28. The molecule has 5 nitrogen and oxygen atoms in total. The summed E-state index contributed by atoms with van der Waals surface area (Å²) in [4.78, 5) is 0. The van der Waals surface area contributed by atoms with Crippen LogP contribution in [0, 0.1) is 0 Å². The standard InChI is InChI=1S/C10H11Cl2N5/c1-2-13-6-9-14-15-16-17(9)10-7(11)4-3-5-8(10)12/h3-5,13H,2,6H2,1H3. The van der Waals surface area contributed by atoms with Gasteiger partial charge in [0.2, 0.25) is 0 Å². The number of hydrogen-bond donors (Lipinski definition) is 1. The number of para-hydroxylation sites is 1. The number of benzene rings is 1. The summed E-state index contributed by atoms with van der Waals surface area (Å²) in [5, 5.41) is 15.7. The van der Waals surface area contributed by atoms with Crippen LogP contribution in [0.2, 0.25) is 10.0 Å². The summed E-state index contributed by atoms with van der Waals surface area (Å²) in [5.74, 6) is 0.668. The molecule has 0 radical (unpaired) electrons. The zero-order valence-corrected chi connectivity index (χ0v) is 10.7. The van der Waals surface area contributed by atoms with Crippen molar-refractivity contribution in [1.29, 1.82) is 0 Å². The Hall–Kier alpha value is -1.17. The third kappa shape index (κ3) is 2.57. The zero-order valence-electron chi connectivity index (χ0n) is 9.19. The van der Waals surface area contributed by atoms with Crippen molar-refractivity contribution in [3.63, 3.8) is 0 Å². The van der Waals surface area contributed by atoms with E-state index in [4.69, 9.17) is 23.2 Å². The van der Waals surface area contributed by atoms with Gasteiger partial charge >= 0.3 is 0 Å². The lowest BCUT2D eigenvalue weighted by molar-refractivity contribution is 0.664. The average Bonchev–Trinajstić information content (AvgIpc) is 2.74. The Balaban J connectivity index is 2.43. The predicted octanol–water partition coefficient (Wildman–Crippen LogP) is 2.08. The Morgan fingerprint density at radius 1 is 1.29 bits per heavy atom. The van der Waals surface area contributed by atoms with E-state index in [1.54, 1.807) is 22.9 Å². The molecule has 2 aromatic rings. The Kier molecular flexibility index (Phi) is 3.93. The van der Waals surface area contributed by atoms with Crippen LogP contribution in [0.3, 0.4) is 0 Å². The third-order valence-corrected chi connectivity index (χ3v) is 2.83. The molecule has 0 aliphatic heterocycles. The fourth-order valence-electron chi connectivity index (χ4n) is 1.42. The molecule has 2 rings (SSSR count). The molecule has 90 valence electrons. The molecule has 0 fully saturated rings. The molecule has 0 amide bonds. The molecule has 0 spiro atoms. The van der Waals surface area contributed by atoms with Gasteiger partial charge in [-0.05, 0) is 29.1 Å². The average molecular weight is 272 g/mol. The highest BCUT2D eigenvalue weighted by atomic mass is 35.5. The first kappa shape index (κ1) is 12.3. The molecule has 0 saturated heterocycles. The van der Waals surface area contributed by atoms with E-state index in [-0.39, 0.29) is 0 Å². The molecule has 0 bridgehead atoms. The lowest BCUT2D eigenvalue weighted by Gasteiger charge is -2.08. The predicted molar refractivity (Wildman–Crippen MR) is 66.6 cm³/mol. The number of hydrogen-bond acceptors (Lipinski definition) is 4. The molecular formula is C10H11Cl2N5. The number of rotatable bonds is 4. The summed E-state index contributed by atoms with van der Waals surface area (Å²) in [6.45, 7) is 3.41. The van der Waals surface area contributed by atoms with Crippen LogP contribution in [-0.4, -0.2) is 26.8 Å². The van der Waals surface area contributed by atoms with Crippen LogP contribution in [0.5, 0.6) is 0 Å². The van der Waals surface area contributed by atoms with Gasteiger partial charge in [-0.1, -0.05) is 36.2 Å². The second-order valence-electron chi connectivity index (χ2n) is 3.36. The fourth-order valence-corrected chi connectivity index (χ4v) is 1.98. The maximum absolute atomic E-state index is 6.11. The summed E-state index contributed by atoms with van der Waals surface area (Å²) < 4.78 is 1.55. The monoisotopic (exact) mass is 271 g/mol. The molecule has 1 aromatic carbocycles. The lowest BCUT2D eigenvalue weighted by atomic mass is 10.3. The molecule has 1 aromatic heterocycles. The van der Waals surface area contributed by atoms with Crippen LogP contribution in [0.4, 0.5) is 0 Å². The van der Waals surface area contributed by atoms with Crippen molar-refractivity contribution in [1.82, 2.24) is 25.5 Å². The summed E-state index contributed by atoms with van der Waals surface area (Å²) >= 11 is 12.2.